The van der Waals surface area contributed by atoms with Gasteiger partial charge in [-0.05, 0) is 46.9 Å². The third kappa shape index (κ3) is 3.33. The highest BCUT2D eigenvalue weighted by atomic mass is 16.5. The van der Waals surface area contributed by atoms with Crippen LogP contribution in [0.25, 0.3) is 0 Å². The minimum Gasteiger partial charge on any atom is -0.491 e. The van der Waals surface area contributed by atoms with Crippen molar-refractivity contribution in [3.05, 3.63) is 29.8 Å². The molecule has 1 atom stereocenters. The van der Waals surface area contributed by atoms with Gasteiger partial charge in [-0.3, -0.25) is 0 Å². The van der Waals surface area contributed by atoms with Crippen molar-refractivity contribution >= 4 is 0 Å². The van der Waals surface area contributed by atoms with Gasteiger partial charge in [0.1, 0.15) is 5.75 Å². The van der Waals surface area contributed by atoms with Gasteiger partial charge in [-0.2, -0.15) is 0 Å². The summed E-state index contributed by atoms with van der Waals surface area (Å²) >= 11 is 0. The van der Waals surface area contributed by atoms with E-state index >= 15 is 0 Å². The molecule has 0 amide bonds. The van der Waals surface area contributed by atoms with Crippen molar-refractivity contribution in [2.45, 2.75) is 58.2 Å². The molecule has 0 aliphatic carbocycles. The Morgan fingerprint density at radius 3 is 2.15 bits per heavy atom. The van der Waals surface area contributed by atoms with E-state index in [1.54, 1.807) is 0 Å². The van der Waals surface area contributed by atoms with E-state index in [2.05, 4.69) is 38.9 Å². The van der Waals surface area contributed by atoms with E-state index in [1.807, 2.05) is 32.0 Å². The van der Waals surface area contributed by atoms with Crippen LogP contribution in [0.15, 0.2) is 24.3 Å². The zero-order chi connectivity index (χ0) is 15.3. The molecule has 3 heteroatoms. The number of nitrogens with two attached hydrogens (primary N) is 1. The van der Waals surface area contributed by atoms with Crippen LogP contribution in [0.2, 0.25) is 0 Å². The van der Waals surface area contributed by atoms with Crippen molar-refractivity contribution in [2.24, 2.45) is 5.73 Å². The van der Waals surface area contributed by atoms with Gasteiger partial charge in [-0.25, -0.2) is 0 Å². The smallest absolute Gasteiger partial charge is 0.124 e. The van der Waals surface area contributed by atoms with Gasteiger partial charge in [0.2, 0.25) is 0 Å². The topological polar surface area (TPSA) is 38.5 Å². The molecule has 0 aromatic heterocycles. The van der Waals surface area contributed by atoms with E-state index in [-0.39, 0.29) is 17.7 Å². The highest BCUT2D eigenvalue weighted by Gasteiger charge is 2.37. The zero-order valence-corrected chi connectivity index (χ0v) is 13.8. The normalized spacial score (nSPS) is 13.8. The van der Waals surface area contributed by atoms with Crippen molar-refractivity contribution in [3.63, 3.8) is 0 Å². The lowest BCUT2D eigenvalue weighted by atomic mass is 9.80. The Hall–Kier alpha value is -1.06. The van der Waals surface area contributed by atoms with E-state index in [1.165, 1.54) is 0 Å². The lowest BCUT2D eigenvalue weighted by Crippen LogP contribution is -2.51. The van der Waals surface area contributed by atoms with Crippen LogP contribution in [-0.4, -0.2) is 30.6 Å². The number of rotatable bonds is 7. The Kier molecular flexibility index (Phi) is 6.03. The first kappa shape index (κ1) is 17.0. The summed E-state index contributed by atoms with van der Waals surface area (Å²) in [5, 5.41) is 0. The number of nitrogens with zero attached hydrogens (tertiary/aromatic N) is 1. The molecule has 3 nitrogen and oxygen atoms in total. The van der Waals surface area contributed by atoms with Gasteiger partial charge in [0.05, 0.1) is 12.1 Å². The Bertz CT molecular complexity index is 411. The van der Waals surface area contributed by atoms with Gasteiger partial charge in [0, 0.05) is 11.1 Å². The van der Waals surface area contributed by atoms with Crippen molar-refractivity contribution in [1.29, 1.82) is 0 Å². The Balaban J connectivity index is 3.21. The molecule has 1 aromatic rings. The summed E-state index contributed by atoms with van der Waals surface area (Å²) < 4.78 is 5.93. The summed E-state index contributed by atoms with van der Waals surface area (Å²) in [7, 11) is 4.22. The third-order valence-corrected chi connectivity index (χ3v) is 4.31. The minimum atomic E-state index is -0.0672. The molecular formula is C17H30N2O. The lowest BCUT2D eigenvalue weighted by Gasteiger charge is -2.44. The first-order valence-electron chi connectivity index (χ1n) is 7.57. The summed E-state index contributed by atoms with van der Waals surface area (Å²) in [6, 6.07) is 8.08. The standard InChI is InChI=1S/C17H30N2O/c1-7-17(8-2,19(5)6)16(18)14-11-9-10-12-15(14)20-13(3)4/h9-13,16H,7-8,18H2,1-6H3. The Morgan fingerprint density at radius 2 is 1.70 bits per heavy atom. The molecule has 2 N–H and O–H groups in total. The first-order chi connectivity index (χ1) is 9.39. The number of ether oxygens (including phenoxy) is 1. The van der Waals surface area contributed by atoms with Gasteiger partial charge < -0.3 is 15.4 Å². The van der Waals surface area contributed by atoms with Crippen LogP contribution in [0.1, 0.15) is 52.1 Å². The second-order valence-corrected chi connectivity index (χ2v) is 5.89. The molecule has 0 radical (unpaired) electrons. The summed E-state index contributed by atoms with van der Waals surface area (Å²) in [5.41, 5.74) is 7.70. The molecule has 0 saturated heterocycles. The predicted octanol–water partition coefficient (Wildman–Crippen LogP) is 3.59. The van der Waals surface area contributed by atoms with Crippen LogP contribution in [-0.2, 0) is 0 Å². The van der Waals surface area contributed by atoms with E-state index in [9.17, 15) is 0 Å². The average molecular weight is 278 g/mol. The molecule has 0 saturated carbocycles. The average Bonchev–Trinajstić information content (AvgIpc) is 2.40. The zero-order valence-electron chi connectivity index (χ0n) is 13.8. The predicted molar refractivity (Wildman–Crippen MR) is 86.1 cm³/mol. The van der Waals surface area contributed by atoms with Gasteiger partial charge in [-0.15, -0.1) is 0 Å². The Labute approximate surface area is 124 Å². The highest BCUT2D eigenvalue weighted by Crippen LogP contribution is 2.38. The molecule has 0 heterocycles. The Morgan fingerprint density at radius 1 is 1.15 bits per heavy atom. The van der Waals surface area contributed by atoms with Crippen molar-refractivity contribution in [3.8, 4) is 5.75 Å². The van der Waals surface area contributed by atoms with E-state index in [0.29, 0.717) is 0 Å². The van der Waals surface area contributed by atoms with Gasteiger partial charge >= 0.3 is 0 Å². The van der Waals surface area contributed by atoms with Crippen LogP contribution < -0.4 is 10.5 Å². The van der Waals surface area contributed by atoms with Gasteiger partial charge in [0.25, 0.3) is 0 Å². The number of para-hydroxylation sites is 1. The largest absolute Gasteiger partial charge is 0.491 e. The molecular weight excluding hydrogens is 248 g/mol. The van der Waals surface area contributed by atoms with Crippen LogP contribution in [0.4, 0.5) is 0 Å². The number of hydrogen-bond donors (Lipinski definition) is 1. The van der Waals surface area contributed by atoms with Crippen LogP contribution in [0, 0.1) is 0 Å². The third-order valence-electron chi connectivity index (χ3n) is 4.31. The maximum Gasteiger partial charge on any atom is 0.124 e. The van der Waals surface area contributed by atoms with Crippen LogP contribution in [0.5, 0.6) is 5.75 Å². The molecule has 1 unspecified atom stereocenters. The summed E-state index contributed by atoms with van der Waals surface area (Å²) in [6.45, 7) is 8.49. The van der Waals surface area contributed by atoms with Crippen LogP contribution in [0.3, 0.4) is 0 Å². The first-order valence-corrected chi connectivity index (χ1v) is 7.57. The number of benzene rings is 1. The number of hydrogen-bond acceptors (Lipinski definition) is 3. The van der Waals surface area contributed by atoms with Crippen molar-refractivity contribution < 1.29 is 4.74 Å². The van der Waals surface area contributed by atoms with E-state index in [0.717, 1.165) is 24.2 Å². The second-order valence-electron chi connectivity index (χ2n) is 5.89. The fourth-order valence-corrected chi connectivity index (χ4v) is 2.99. The van der Waals surface area contributed by atoms with Gasteiger partial charge in [-0.1, -0.05) is 32.0 Å². The maximum absolute atomic E-state index is 6.65. The number of likely N-dealkylation sites (N-methyl/N-ethyl adjacent to an activating group) is 1. The van der Waals surface area contributed by atoms with Gasteiger partial charge in [0.15, 0.2) is 0 Å². The molecule has 1 aromatic carbocycles. The fraction of sp³-hybridized carbons (Fsp3) is 0.647. The fourth-order valence-electron chi connectivity index (χ4n) is 2.99. The molecule has 0 aliphatic rings. The minimum absolute atomic E-state index is 0.0452. The molecule has 114 valence electrons. The van der Waals surface area contributed by atoms with Crippen LogP contribution >= 0.6 is 0 Å². The highest BCUT2D eigenvalue weighted by molar-refractivity contribution is 5.38. The summed E-state index contributed by atoms with van der Waals surface area (Å²) in [6.07, 6.45) is 2.17. The molecule has 0 aliphatic heterocycles. The van der Waals surface area contributed by atoms with Crippen molar-refractivity contribution in [1.82, 2.24) is 4.90 Å². The van der Waals surface area contributed by atoms with E-state index in [4.69, 9.17) is 10.5 Å². The quantitative estimate of drug-likeness (QED) is 0.828. The monoisotopic (exact) mass is 278 g/mol. The molecule has 0 spiro atoms. The summed E-state index contributed by atoms with van der Waals surface area (Å²) in [4.78, 5) is 2.25. The molecule has 1 rings (SSSR count). The second kappa shape index (κ2) is 7.09. The molecule has 0 bridgehead atoms. The van der Waals surface area contributed by atoms with Crippen molar-refractivity contribution in [2.75, 3.05) is 14.1 Å². The molecule has 20 heavy (non-hydrogen) atoms. The lowest BCUT2D eigenvalue weighted by molar-refractivity contribution is 0.103. The summed E-state index contributed by atoms with van der Waals surface area (Å²) in [5.74, 6) is 0.906. The van der Waals surface area contributed by atoms with E-state index < -0.39 is 0 Å². The SMILES string of the molecule is CCC(CC)(C(N)c1ccccc1OC(C)C)N(C)C. The maximum atomic E-state index is 6.65. The molecule has 0 fully saturated rings.